The highest BCUT2D eigenvalue weighted by Crippen LogP contribution is 2.33. The van der Waals surface area contributed by atoms with Crippen molar-refractivity contribution in [2.24, 2.45) is 0 Å². The van der Waals surface area contributed by atoms with Crippen LogP contribution in [0.15, 0.2) is 6.07 Å². The summed E-state index contributed by atoms with van der Waals surface area (Å²) < 4.78 is 0. The number of piperazine rings is 1. The van der Waals surface area contributed by atoms with Gasteiger partial charge in [-0.25, -0.2) is 4.98 Å². The molecule has 0 spiro atoms. The lowest BCUT2D eigenvalue weighted by molar-refractivity contribution is 0.230. The Morgan fingerprint density at radius 3 is 3.10 bits per heavy atom. The smallest absolute Gasteiger partial charge is 0.223 e. The Balaban J connectivity index is 1.73. The maximum absolute atomic E-state index is 5.94. The molecule has 4 heterocycles. The molecule has 4 rings (SSSR count). The molecule has 0 aliphatic carbocycles. The van der Waals surface area contributed by atoms with Crippen LogP contribution in [0.2, 0.25) is 0 Å². The van der Waals surface area contributed by atoms with Crippen LogP contribution in [-0.4, -0.2) is 47.1 Å². The molecule has 2 aromatic heterocycles. The number of nitrogens with two attached hydrogens (primary N) is 1. The molecule has 0 amide bonds. The van der Waals surface area contributed by atoms with Crippen molar-refractivity contribution in [2.75, 3.05) is 36.8 Å². The van der Waals surface area contributed by atoms with Crippen molar-refractivity contribution in [3.63, 3.8) is 0 Å². The highest BCUT2D eigenvalue weighted by molar-refractivity contribution is 7.18. The highest BCUT2D eigenvalue weighted by atomic mass is 32.1. The van der Waals surface area contributed by atoms with Gasteiger partial charge in [0, 0.05) is 30.6 Å². The first-order chi connectivity index (χ1) is 10.2. The van der Waals surface area contributed by atoms with Crippen molar-refractivity contribution in [1.82, 2.24) is 14.9 Å². The number of hydrogen-bond donors (Lipinski definition) is 1. The van der Waals surface area contributed by atoms with Crippen LogP contribution in [0.25, 0.3) is 10.2 Å². The summed E-state index contributed by atoms with van der Waals surface area (Å²) in [4.78, 5) is 16.4. The minimum Gasteiger partial charge on any atom is -0.368 e. The topological polar surface area (TPSA) is 58.3 Å². The van der Waals surface area contributed by atoms with Crippen LogP contribution in [0.1, 0.15) is 24.6 Å². The summed E-state index contributed by atoms with van der Waals surface area (Å²) >= 11 is 1.74. The van der Waals surface area contributed by atoms with Gasteiger partial charge in [0.2, 0.25) is 5.95 Å². The number of thiophene rings is 1. The van der Waals surface area contributed by atoms with Gasteiger partial charge in [-0.05, 0) is 31.9 Å². The Bertz CT molecular complexity index is 667. The zero-order chi connectivity index (χ0) is 14.4. The number of aryl methyl sites for hydroxylation is 1. The number of nitrogen functional groups attached to an aromatic ring is 1. The standard InChI is InChI=1S/C15H21N5S/c1-2-11-8-12-13(17-15(16)18-14(12)21-11)20-7-6-19-5-3-4-10(19)9-20/h8,10H,2-7,9H2,1H3,(H2,16,17,18). The normalized spacial score (nSPS) is 22.9. The average molecular weight is 303 g/mol. The third-order valence-electron chi connectivity index (χ3n) is 4.68. The van der Waals surface area contributed by atoms with E-state index in [0.717, 1.165) is 36.7 Å². The van der Waals surface area contributed by atoms with Crippen molar-refractivity contribution in [3.8, 4) is 0 Å². The van der Waals surface area contributed by atoms with Gasteiger partial charge in [0.1, 0.15) is 10.6 Å². The highest BCUT2D eigenvalue weighted by Gasteiger charge is 2.32. The molecule has 1 unspecified atom stereocenters. The molecule has 2 aliphatic heterocycles. The SMILES string of the molecule is CCc1cc2c(N3CCN4CCCC4C3)nc(N)nc2s1. The quantitative estimate of drug-likeness (QED) is 0.921. The number of anilines is 2. The summed E-state index contributed by atoms with van der Waals surface area (Å²) in [7, 11) is 0. The Hall–Kier alpha value is -1.40. The molecule has 2 saturated heterocycles. The largest absolute Gasteiger partial charge is 0.368 e. The van der Waals surface area contributed by atoms with Gasteiger partial charge in [-0.2, -0.15) is 4.98 Å². The predicted octanol–water partition coefficient (Wildman–Crippen LogP) is 2.12. The molecule has 0 saturated carbocycles. The molecule has 1 atom stereocenters. The van der Waals surface area contributed by atoms with Crippen molar-refractivity contribution in [3.05, 3.63) is 10.9 Å². The van der Waals surface area contributed by atoms with Crippen molar-refractivity contribution >= 4 is 33.3 Å². The molecule has 21 heavy (non-hydrogen) atoms. The monoisotopic (exact) mass is 303 g/mol. The number of fused-ring (bicyclic) bond motifs is 2. The van der Waals surface area contributed by atoms with Crippen LogP contribution in [-0.2, 0) is 6.42 Å². The lowest BCUT2D eigenvalue weighted by Gasteiger charge is -2.38. The lowest BCUT2D eigenvalue weighted by atomic mass is 10.1. The van der Waals surface area contributed by atoms with E-state index in [1.165, 1.54) is 29.6 Å². The molecule has 112 valence electrons. The summed E-state index contributed by atoms with van der Waals surface area (Å²) in [5.74, 6) is 1.44. The van der Waals surface area contributed by atoms with Gasteiger partial charge in [0.15, 0.2) is 0 Å². The second kappa shape index (κ2) is 5.10. The lowest BCUT2D eigenvalue weighted by Crippen LogP contribution is -2.50. The molecular weight excluding hydrogens is 282 g/mol. The molecular formula is C15H21N5S. The maximum Gasteiger partial charge on any atom is 0.223 e. The van der Waals surface area contributed by atoms with E-state index in [0.29, 0.717) is 12.0 Å². The van der Waals surface area contributed by atoms with E-state index in [2.05, 4.69) is 32.8 Å². The van der Waals surface area contributed by atoms with Crippen molar-refractivity contribution in [2.45, 2.75) is 32.2 Å². The zero-order valence-electron chi connectivity index (χ0n) is 12.4. The van der Waals surface area contributed by atoms with E-state index in [4.69, 9.17) is 5.73 Å². The molecule has 2 aliphatic rings. The number of hydrogen-bond acceptors (Lipinski definition) is 6. The first kappa shape index (κ1) is 13.3. The van der Waals surface area contributed by atoms with Crippen LogP contribution in [0.4, 0.5) is 11.8 Å². The fourth-order valence-electron chi connectivity index (χ4n) is 3.57. The van der Waals surface area contributed by atoms with Gasteiger partial charge in [0.05, 0.1) is 5.39 Å². The molecule has 2 aromatic rings. The third-order valence-corrected chi connectivity index (χ3v) is 5.85. The van der Waals surface area contributed by atoms with Gasteiger partial charge in [-0.15, -0.1) is 11.3 Å². The fourth-order valence-corrected chi connectivity index (χ4v) is 4.54. The minimum absolute atomic E-state index is 0.399. The van der Waals surface area contributed by atoms with Crippen molar-refractivity contribution < 1.29 is 0 Å². The third kappa shape index (κ3) is 2.26. The van der Waals surface area contributed by atoms with E-state index in [9.17, 15) is 0 Å². The first-order valence-electron chi connectivity index (χ1n) is 7.79. The second-order valence-corrected chi connectivity index (χ2v) is 7.08. The Morgan fingerprint density at radius 1 is 1.33 bits per heavy atom. The average Bonchev–Trinajstić information content (AvgIpc) is 3.11. The molecule has 5 nitrogen and oxygen atoms in total. The minimum atomic E-state index is 0.399. The van der Waals surface area contributed by atoms with E-state index >= 15 is 0 Å². The van der Waals surface area contributed by atoms with E-state index < -0.39 is 0 Å². The Labute approximate surface area is 128 Å². The van der Waals surface area contributed by atoms with E-state index in [1.54, 1.807) is 11.3 Å². The fraction of sp³-hybridized carbons (Fsp3) is 0.600. The molecule has 0 radical (unpaired) electrons. The van der Waals surface area contributed by atoms with Gasteiger partial charge >= 0.3 is 0 Å². The molecule has 0 bridgehead atoms. The summed E-state index contributed by atoms with van der Waals surface area (Å²) in [6.45, 7) is 6.69. The second-order valence-electron chi connectivity index (χ2n) is 5.97. The van der Waals surface area contributed by atoms with Crippen molar-refractivity contribution in [1.29, 1.82) is 0 Å². The maximum atomic E-state index is 5.94. The van der Waals surface area contributed by atoms with Crippen LogP contribution < -0.4 is 10.6 Å². The number of rotatable bonds is 2. The van der Waals surface area contributed by atoms with Gasteiger partial charge in [-0.1, -0.05) is 6.92 Å². The van der Waals surface area contributed by atoms with Crippen LogP contribution in [0.3, 0.4) is 0 Å². The molecule has 0 aromatic carbocycles. The van der Waals surface area contributed by atoms with Gasteiger partial charge < -0.3 is 10.6 Å². The summed E-state index contributed by atoms with van der Waals surface area (Å²) in [5.41, 5.74) is 5.94. The summed E-state index contributed by atoms with van der Waals surface area (Å²) in [6, 6.07) is 2.93. The predicted molar refractivity (Wildman–Crippen MR) is 88.0 cm³/mol. The Morgan fingerprint density at radius 2 is 2.24 bits per heavy atom. The van der Waals surface area contributed by atoms with E-state index in [1.807, 2.05) is 0 Å². The van der Waals surface area contributed by atoms with Crippen LogP contribution in [0, 0.1) is 0 Å². The summed E-state index contributed by atoms with van der Waals surface area (Å²) in [6.07, 6.45) is 3.68. The zero-order valence-corrected chi connectivity index (χ0v) is 13.2. The van der Waals surface area contributed by atoms with Crippen LogP contribution >= 0.6 is 11.3 Å². The number of nitrogens with zero attached hydrogens (tertiary/aromatic N) is 4. The molecule has 2 N–H and O–H groups in total. The first-order valence-corrected chi connectivity index (χ1v) is 8.61. The molecule has 6 heteroatoms. The van der Waals surface area contributed by atoms with Gasteiger partial charge in [0.25, 0.3) is 0 Å². The van der Waals surface area contributed by atoms with Crippen LogP contribution in [0.5, 0.6) is 0 Å². The summed E-state index contributed by atoms with van der Waals surface area (Å²) in [5, 5.41) is 1.18. The van der Waals surface area contributed by atoms with E-state index in [-0.39, 0.29) is 0 Å². The van der Waals surface area contributed by atoms with Gasteiger partial charge in [-0.3, -0.25) is 4.90 Å². The number of aromatic nitrogens is 2. The Kier molecular flexibility index (Phi) is 3.23. The molecule has 2 fully saturated rings.